The number of halogens is 1. The molecule has 1 atom stereocenters. The summed E-state index contributed by atoms with van der Waals surface area (Å²) in [5.41, 5.74) is -1.17. The van der Waals surface area contributed by atoms with Gasteiger partial charge >= 0.3 is 0 Å². The fraction of sp³-hybridized carbons (Fsp3) is 0.636. The van der Waals surface area contributed by atoms with Crippen LogP contribution in [0.15, 0.2) is 18.2 Å². The lowest BCUT2D eigenvalue weighted by atomic mass is 9.79. The summed E-state index contributed by atoms with van der Waals surface area (Å²) in [6.07, 6.45) is 5.73. The zero-order chi connectivity index (χ0) is 21.4. The van der Waals surface area contributed by atoms with Crippen LogP contribution in [0.1, 0.15) is 39.0 Å². The van der Waals surface area contributed by atoms with Crippen LogP contribution in [0.5, 0.6) is 5.75 Å². The summed E-state index contributed by atoms with van der Waals surface area (Å²) >= 11 is 6.00. The van der Waals surface area contributed by atoms with E-state index >= 15 is 0 Å². The minimum absolute atomic E-state index is 0.0396. The molecule has 2 fully saturated rings. The number of amides is 2. The molecule has 1 unspecified atom stereocenters. The third-order valence-corrected chi connectivity index (χ3v) is 7.14. The molecule has 1 aliphatic carbocycles. The molecule has 30 heavy (non-hydrogen) atoms. The molecule has 0 radical (unpaired) electrons. The second-order valence-corrected chi connectivity index (χ2v) is 9.42. The monoisotopic (exact) mass is 434 g/mol. The first-order valence-electron chi connectivity index (χ1n) is 10.8. The number of hydrogen-bond donors (Lipinski definition) is 2. The summed E-state index contributed by atoms with van der Waals surface area (Å²) in [6, 6.07) is 4.98. The Morgan fingerprint density at radius 1 is 1.20 bits per heavy atom. The van der Waals surface area contributed by atoms with Crippen LogP contribution in [0.2, 0.25) is 5.02 Å². The highest BCUT2D eigenvalue weighted by Gasteiger charge is 2.48. The molecule has 0 spiro atoms. The molecule has 1 saturated heterocycles. The number of rotatable bonds is 4. The largest absolute Gasteiger partial charge is 0.466 e. The number of carbonyl (C=O) groups excluding carboxylic acids is 2. The van der Waals surface area contributed by atoms with Crippen molar-refractivity contribution in [3.05, 3.63) is 23.2 Å². The highest BCUT2D eigenvalue weighted by Crippen LogP contribution is 2.37. The van der Waals surface area contributed by atoms with Crippen molar-refractivity contribution in [2.75, 3.05) is 45.1 Å². The molecule has 2 aliphatic heterocycles. The van der Waals surface area contributed by atoms with Gasteiger partial charge in [0.05, 0.1) is 5.69 Å². The van der Waals surface area contributed by atoms with Gasteiger partial charge in [-0.1, -0.05) is 30.9 Å². The smallest absolute Gasteiger partial charge is 0.278 e. The van der Waals surface area contributed by atoms with Gasteiger partial charge in [0.1, 0.15) is 5.75 Å². The third kappa shape index (κ3) is 4.03. The number of fused-ring (bicyclic) bond motifs is 1. The molecule has 4 rings (SSSR count). The van der Waals surface area contributed by atoms with E-state index in [1.165, 1.54) is 26.2 Å². The van der Waals surface area contributed by atoms with Crippen molar-refractivity contribution < 1.29 is 14.3 Å². The first kappa shape index (κ1) is 21.4. The van der Waals surface area contributed by atoms with Crippen molar-refractivity contribution in [1.82, 2.24) is 15.1 Å². The van der Waals surface area contributed by atoms with Gasteiger partial charge in [-0.2, -0.15) is 0 Å². The van der Waals surface area contributed by atoms with E-state index in [9.17, 15) is 9.59 Å². The average Bonchev–Trinajstić information content (AvgIpc) is 2.74. The average molecular weight is 435 g/mol. The van der Waals surface area contributed by atoms with Crippen molar-refractivity contribution in [2.24, 2.45) is 0 Å². The van der Waals surface area contributed by atoms with Crippen molar-refractivity contribution in [1.29, 1.82) is 0 Å². The highest BCUT2D eigenvalue weighted by molar-refractivity contribution is 6.31. The van der Waals surface area contributed by atoms with E-state index in [4.69, 9.17) is 16.3 Å². The molecule has 1 saturated carbocycles. The molecule has 3 aliphatic rings. The molecule has 7 nitrogen and oxygen atoms in total. The molecule has 2 heterocycles. The van der Waals surface area contributed by atoms with Crippen molar-refractivity contribution in [2.45, 2.75) is 50.2 Å². The molecule has 1 aromatic carbocycles. The SMILES string of the molecule is CN1CCN(C2(CNC(=O)C3(C)Oc4ccc(Cl)cc4NC3=O)CCCCC2)CC1. The molecule has 2 amide bonds. The lowest BCUT2D eigenvalue weighted by Gasteiger charge is -2.50. The van der Waals surface area contributed by atoms with Gasteiger partial charge in [0.2, 0.25) is 0 Å². The van der Waals surface area contributed by atoms with Crippen LogP contribution in [-0.2, 0) is 9.59 Å². The van der Waals surface area contributed by atoms with Crippen LogP contribution in [0.3, 0.4) is 0 Å². The van der Waals surface area contributed by atoms with Crippen LogP contribution in [0, 0.1) is 0 Å². The molecule has 0 aromatic heterocycles. The van der Waals surface area contributed by atoms with Gasteiger partial charge in [-0.15, -0.1) is 0 Å². The topological polar surface area (TPSA) is 73.9 Å². The van der Waals surface area contributed by atoms with E-state index in [0.29, 0.717) is 23.0 Å². The molecular weight excluding hydrogens is 404 g/mol. The summed E-state index contributed by atoms with van der Waals surface area (Å²) < 4.78 is 5.88. The van der Waals surface area contributed by atoms with E-state index < -0.39 is 17.4 Å². The molecular formula is C22H31ClN4O3. The molecule has 1 aromatic rings. The van der Waals surface area contributed by atoms with E-state index in [0.717, 1.165) is 39.0 Å². The van der Waals surface area contributed by atoms with Gasteiger partial charge in [0, 0.05) is 43.3 Å². The van der Waals surface area contributed by atoms with Crippen LogP contribution in [-0.4, -0.2) is 72.5 Å². The summed E-state index contributed by atoms with van der Waals surface area (Å²) in [6.45, 7) is 6.16. The Balaban J connectivity index is 1.48. The maximum atomic E-state index is 13.2. The quantitative estimate of drug-likeness (QED) is 0.712. The van der Waals surface area contributed by atoms with Gasteiger partial charge in [0.25, 0.3) is 17.4 Å². The number of ether oxygens (including phenoxy) is 1. The Labute approximate surface area is 183 Å². The van der Waals surface area contributed by atoms with Gasteiger partial charge in [-0.05, 0) is 45.0 Å². The maximum Gasteiger partial charge on any atom is 0.278 e. The zero-order valence-electron chi connectivity index (χ0n) is 17.8. The number of nitrogens with one attached hydrogen (secondary N) is 2. The van der Waals surface area contributed by atoms with Crippen LogP contribution < -0.4 is 15.4 Å². The van der Waals surface area contributed by atoms with Gasteiger partial charge < -0.3 is 20.3 Å². The molecule has 0 bridgehead atoms. The lowest BCUT2D eigenvalue weighted by molar-refractivity contribution is -0.147. The number of anilines is 1. The Kier molecular flexibility index (Phi) is 5.97. The van der Waals surface area contributed by atoms with Gasteiger partial charge in [-0.25, -0.2) is 0 Å². The van der Waals surface area contributed by atoms with Crippen molar-refractivity contribution in [3.63, 3.8) is 0 Å². The normalized spacial score (nSPS) is 27.0. The predicted octanol–water partition coefficient (Wildman–Crippen LogP) is 2.50. The third-order valence-electron chi connectivity index (χ3n) is 6.91. The van der Waals surface area contributed by atoms with E-state index in [1.54, 1.807) is 18.2 Å². The summed E-state index contributed by atoms with van der Waals surface area (Å²) in [5.74, 6) is -0.435. The molecule has 164 valence electrons. The first-order valence-corrected chi connectivity index (χ1v) is 11.2. The minimum atomic E-state index is -1.61. The Hall–Kier alpha value is -1.83. The Morgan fingerprint density at radius 2 is 1.90 bits per heavy atom. The molecule has 8 heteroatoms. The number of hydrogen-bond acceptors (Lipinski definition) is 5. The van der Waals surface area contributed by atoms with Crippen LogP contribution in [0.4, 0.5) is 5.69 Å². The van der Waals surface area contributed by atoms with Gasteiger partial charge in [0.15, 0.2) is 0 Å². The highest BCUT2D eigenvalue weighted by atomic mass is 35.5. The summed E-state index contributed by atoms with van der Waals surface area (Å²) in [7, 11) is 2.15. The Morgan fingerprint density at radius 3 is 2.60 bits per heavy atom. The van der Waals surface area contributed by atoms with Crippen molar-refractivity contribution in [3.8, 4) is 5.75 Å². The number of likely N-dealkylation sites (N-methyl/N-ethyl adjacent to an activating group) is 1. The second-order valence-electron chi connectivity index (χ2n) is 8.99. The van der Waals surface area contributed by atoms with Crippen molar-refractivity contribution >= 4 is 29.1 Å². The lowest BCUT2D eigenvalue weighted by Crippen LogP contribution is -2.64. The predicted molar refractivity (Wildman–Crippen MR) is 117 cm³/mol. The van der Waals surface area contributed by atoms with Gasteiger partial charge in [-0.3, -0.25) is 14.5 Å². The van der Waals surface area contributed by atoms with E-state index in [2.05, 4.69) is 27.5 Å². The second kappa shape index (κ2) is 8.36. The number of piperazine rings is 1. The number of benzene rings is 1. The fourth-order valence-corrected chi connectivity index (χ4v) is 5.03. The van der Waals surface area contributed by atoms with Crippen LogP contribution >= 0.6 is 11.6 Å². The number of nitrogens with zero attached hydrogens (tertiary/aromatic N) is 2. The first-order chi connectivity index (χ1) is 14.3. The summed E-state index contributed by atoms with van der Waals surface area (Å²) in [5, 5.41) is 6.34. The minimum Gasteiger partial charge on any atom is -0.466 e. The van der Waals surface area contributed by atoms with E-state index in [-0.39, 0.29) is 5.54 Å². The summed E-state index contributed by atoms with van der Waals surface area (Å²) in [4.78, 5) is 30.8. The van der Waals surface area contributed by atoms with Crippen LogP contribution in [0.25, 0.3) is 0 Å². The standard InChI is InChI=1S/C22H31ClN4O3/c1-21(20(29)25-17-14-16(23)6-7-18(17)30-21)19(28)24-15-22(8-4-3-5-9-22)27-12-10-26(2)11-13-27/h6-7,14H,3-5,8-13,15H2,1-2H3,(H,24,28)(H,25,29). The number of carbonyl (C=O) groups is 2. The van der Waals surface area contributed by atoms with E-state index in [1.807, 2.05) is 0 Å². The zero-order valence-corrected chi connectivity index (χ0v) is 18.6. The Bertz CT molecular complexity index is 819. The fourth-order valence-electron chi connectivity index (χ4n) is 4.86. The maximum absolute atomic E-state index is 13.2. The molecule has 2 N–H and O–H groups in total.